The Morgan fingerprint density at radius 1 is 1.09 bits per heavy atom. The molecular formula is C24H20FN5O4. The summed E-state index contributed by atoms with van der Waals surface area (Å²) in [5, 5.41) is 16.4. The summed E-state index contributed by atoms with van der Waals surface area (Å²) in [4.78, 5) is 21.6. The minimum absolute atomic E-state index is 0.0389. The molecular weight excluding hydrogens is 441 g/mol. The lowest BCUT2D eigenvalue weighted by molar-refractivity contribution is 0.122. The smallest absolute Gasteiger partial charge is 0.260 e. The zero-order valence-electron chi connectivity index (χ0n) is 17.9. The third-order valence-corrected chi connectivity index (χ3v) is 5.34. The van der Waals surface area contributed by atoms with E-state index >= 15 is 4.39 Å². The molecule has 34 heavy (non-hydrogen) atoms. The summed E-state index contributed by atoms with van der Waals surface area (Å²) in [6, 6.07) is 12.8. The van der Waals surface area contributed by atoms with E-state index < -0.39 is 0 Å². The molecule has 3 heterocycles. The van der Waals surface area contributed by atoms with Crippen molar-refractivity contribution in [1.29, 1.82) is 0 Å². The summed E-state index contributed by atoms with van der Waals surface area (Å²) in [7, 11) is 0. The van der Waals surface area contributed by atoms with Crippen molar-refractivity contribution in [2.45, 2.75) is 0 Å². The number of phenolic OH excluding ortho intramolecular Hbond substituents is 1. The van der Waals surface area contributed by atoms with Crippen LogP contribution in [0.4, 0.5) is 27.5 Å². The molecule has 9 nitrogen and oxygen atoms in total. The molecule has 0 unspecified atom stereocenters. The maximum atomic E-state index is 15.1. The van der Waals surface area contributed by atoms with Gasteiger partial charge in [0.2, 0.25) is 0 Å². The van der Waals surface area contributed by atoms with Crippen LogP contribution in [0.15, 0.2) is 58.1 Å². The van der Waals surface area contributed by atoms with E-state index in [1.165, 1.54) is 12.1 Å². The molecule has 0 atom stereocenters. The highest BCUT2D eigenvalue weighted by Gasteiger charge is 2.18. The number of aromatic nitrogens is 2. The molecule has 1 saturated heterocycles. The Morgan fingerprint density at radius 2 is 1.94 bits per heavy atom. The Labute approximate surface area is 193 Å². The van der Waals surface area contributed by atoms with Gasteiger partial charge >= 0.3 is 0 Å². The molecule has 0 spiro atoms. The average molecular weight is 461 g/mol. The van der Waals surface area contributed by atoms with Crippen LogP contribution in [0.25, 0.3) is 23.1 Å². The van der Waals surface area contributed by atoms with Crippen LogP contribution < -0.4 is 10.2 Å². The minimum Gasteiger partial charge on any atom is -0.508 e. The van der Waals surface area contributed by atoms with E-state index in [-0.39, 0.29) is 17.5 Å². The average Bonchev–Trinajstić information content (AvgIpc) is 3.31. The van der Waals surface area contributed by atoms with E-state index in [1.54, 1.807) is 48.6 Å². The van der Waals surface area contributed by atoms with Crippen molar-refractivity contribution in [2.24, 2.45) is 5.18 Å². The number of aromatic hydroxyl groups is 1. The van der Waals surface area contributed by atoms with E-state index in [9.17, 15) is 10.0 Å². The maximum Gasteiger partial charge on any atom is 0.260 e. The number of anilines is 3. The molecule has 2 aromatic heterocycles. The number of ether oxygens (including phenoxy) is 1. The number of rotatable bonds is 6. The minimum atomic E-state index is -0.390. The van der Waals surface area contributed by atoms with Crippen LogP contribution in [-0.2, 0) is 4.74 Å². The van der Waals surface area contributed by atoms with E-state index in [2.05, 4.69) is 20.5 Å². The van der Waals surface area contributed by atoms with E-state index in [1.807, 2.05) is 4.90 Å². The van der Waals surface area contributed by atoms with Gasteiger partial charge in [0.25, 0.3) is 5.88 Å². The zero-order valence-corrected chi connectivity index (χ0v) is 17.9. The predicted octanol–water partition coefficient (Wildman–Crippen LogP) is 5.22. The lowest BCUT2D eigenvalue weighted by Crippen LogP contribution is -2.36. The van der Waals surface area contributed by atoms with Crippen molar-refractivity contribution in [2.75, 3.05) is 36.5 Å². The summed E-state index contributed by atoms with van der Waals surface area (Å²) in [5.41, 5.74) is 1.47. The van der Waals surface area contributed by atoms with Gasteiger partial charge in [-0.05, 0) is 36.4 Å². The van der Waals surface area contributed by atoms with Gasteiger partial charge in [-0.2, -0.15) is 0 Å². The first kappa shape index (κ1) is 21.5. The van der Waals surface area contributed by atoms with Gasteiger partial charge in [0.15, 0.2) is 5.82 Å². The van der Waals surface area contributed by atoms with Crippen LogP contribution in [0.1, 0.15) is 11.6 Å². The summed E-state index contributed by atoms with van der Waals surface area (Å²) in [5.74, 6) is 0.808. The maximum absolute atomic E-state index is 15.1. The normalized spacial score (nSPS) is 14.1. The second kappa shape index (κ2) is 9.28. The fraction of sp³-hybridized carbons (Fsp3) is 0.167. The molecule has 0 aliphatic carbocycles. The molecule has 4 aromatic rings. The van der Waals surface area contributed by atoms with E-state index in [4.69, 9.17) is 9.15 Å². The van der Waals surface area contributed by atoms with Crippen LogP contribution in [0.5, 0.6) is 5.75 Å². The van der Waals surface area contributed by atoms with Gasteiger partial charge in [-0.25, -0.2) is 14.4 Å². The van der Waals surface area contributed by atoms with Crippen LogP contribution >= 0.6 is 0 Å². The molecule has 1 fully saturated rings. The summed E-state index contributed by atoms with van der Waals surface area (Å²) < 4.78 is 25.7. The number of furan rings is 1. The van der Waals surface area contributed by atoms with Crippen LogP contribution in [0, 0.1) is 10.7 Å². The number of phenols is 1. The Kier molecular flexibility index (Phi) is 5.88. The molecule has 1 aliphatic rings. The van der Waals surface area contributed by atoms with Gasteiger partial charge in [0.1, 0.15) is 23.1 Å². The number of hydrogen-bond donors (Lipinski definition) is 2. The quantitative estimate of drug-likeness (QED) is 0.376. The first-order chi connectivity index (χ1) is 16.6. The summed E-state index contributed by atoms with van der Waals surface area (Å²) in [6.07, 6.45) is 3.18. The van der Waals surface area contributed by atoms with Crippen molar-refractivity contribution in [3.63, 3.8) is 0 Å². The standard InChI is InChI=1S/C24H20FN5O4/c25-19-14-20-18(13-21(19)30-8-10-33-11-9-30)24(26-15-2-1-3-16(31)12-15)28-22(27-20)6-4-17-5-7-23(29-32)34-17/h1-7,12-14,31H,8-11H2,(H,26,27,28)/b6-4+. The van der Waals surface area contributed by atoms with Crippen molar-refractivity contribution in [1.82, 2.24) is 9.97 Å². The lowest BCUT2D eigenvalue weighted by atomic mass is 10.1. The molecule has 0 amide bonds. The molecule has 0 radical (unpaired) electrons. The van der Waals surface area contributed by atoms with Gasteiger partial charge < -0.3 is 24.5 Å². The van der Waals surface area contributed by atoms with Crippen LogP contribution in [-0.4, -0.2) is 41.4 Å². The third kappa shape index (κ3) is 4.57. The molecule has 0 saturated carbocycles. The highest BCUT2D eigenvalue weighted by molar-refractivity contribution is 5.94. The largest absolute Gasteiger partial charge is 0.508 e. The van der Waals surface area contributed by atoms with Gasteiger partial charge in [-0.1, -0.05) is 6.07 Å². The zero-order chi connectivity index (χ0) is 23.5. The SMILES string of the molecule is O=Nc1ccc(/C=C/c2nc(Nc3cccc(O)c3)c3cc(N4CCOCC4)c(F)cc3n2)o1. The first-order valence-corrected chi connectivity index (χ1v) is 10.6. The third-order valence-electron chi connectivity index (χ3n) is 5.34. The van der Waals surface area contributed by atoms with Crippen molar-refractivity contribution in [3.05, 3.63) is 70.8 Å². The monoisotopic (exact) mass is 461 g/mol. The molecule has 1 aliphatic heterocycles. The van der Waals surface area contributed by atoms with E-state index in [0.717, 1.165) is 0 Å². The second-order valence-electron chi connectivity index (χ2n) is 7.63. The van der Waals surface area contributed by atoms with Gasteiger partial charge in [0, 0.05) is 47.5 Å². The van der Waals surface area contributed by atoms with Gasteiger partial charge in [-0.15, -0.1) is 4.91 Å². The second-order valence-corrected chi connectivity index (χ2v) is 7.63. The Bertz CT molecular complexity index is 1380. The fourth-order valence-electron chi connectivity index (χ4n) is 3.73. The Balaban J connectivity index is 1.58. The molecule has 0 bridgehead atoms. The number of hydrogen-bond acceptors (Lipinski definition) is 9. The number of fused-ring (bicyclic) bond motifs is 1. The number of nitroso groups, excluding NO2 is 1. The van der Waals surface area contributed by atoms with Crippen molar-refractivity contribution in [3.8, 4) is 5.75 Å². The highest BCUT2D eigenvalue weighted by Crippen LogP contribution is 2.32. The van der Waals surface area contributed by atoms with Crippen molar-refractivity contribution < 1.29 is 18.7 Å². The van der Waals surface area contributed by atoms with E-state index in [0.29, 0.717) is 66.0 Å². The Morgan fingerprint density at radius 3 is 2.71 bits per heavy atom. The number of halogens is 1. The lowest BCUT2D eigenvalue weighted by Gasteiger charge is -2.29. The predicted molar refractivity (Wildman–Crippen MR) is 127 cm³/mol. The number of nitrogens with one attached hydrogen (secondary N) is 1. The molecule has 2 aromatic carbocycles. The van der Waals surface area contributed by atoms with Crippen LogP contribution in [0.3, 0.4) is 0 Å². The van der Waals surface area contributed by atoms with Crippen LogP contribution in [0.2, 0.25) is 0 Å². The molecule has 2 N–H and O–H groups in total. The highest BCUT2D eigenvalue weighted by atomic mass is 19.1. The fourth-order valence-corrected chi connectivity index (χ4v) is 3.73. The number of benzene rings is 2. The topological polar surface area (TPSA) is 113 Å². The van der Waals surface area contributed by atoms with Gasteiger partial charge in [-0.3, -0.25) is 0 Å². The number of nitrogens with zero attached hydrogens (tertiary/aromatic N) is 4. The molecule has 10 heteroatoms. The molecule has 5 rings (SSSR count). The van der Waals surface area contributed by atoms with Gasteiger partial charge in [0.05, 0.1) is 24.4 Å². The summed E-state index contributed by atoms with van der Waals surface area (Å²) >= 11 is 0. The van der Waals surface area contributed by atoms with Crippen molar-refractivity contribution >= 4 is 46.1 Å². The first-order valence-electron chi connectivity index (χ1n) is 10.6. The number of morpholine rings is 1. The molecule has 172 valence electrons. The summed E-state index contributed by atoms with van der Waals surface area (Å²) in [6.45, 7) is 2.22. The Hall–Kier alpha value is -4.31.